The summed E-state index contributed by atoms with van der Waals surface area (Å²) in [6.45, 7) is -1.26. The highest BCUT2D eigenvalue weighted by Crippen LogP contribution is 2.16. The Kier molecular flexibility index (Phi) is 6.29. The third-order valence-corrected chi connectivity index (χ3v) is 3.35. The van der Waals surface area contributed by atoms with Crippen LogP contribution in [0.3, 0.4) is 0 Å². The first kappa shape index (κ1) is 19.4. The summed E-state index contributed by atoms with van der Waals surface area (Å²) in [4.78, 5) is 22.0. The van der Waals surface area contributed by atoms with Gasteiger partial charge in [-0.05, 0) is 23.3 Å². The maximum absolute atomic E-state index is 12.0. The summed E-state index contributed by atoms with van der Waals surface area (Å²) in [6.07, 6.45) is -4.36. The van der Waals surface area contributed by atoms with Gasteiger partial charge in [0.25, 0.3) is 11.6 Å². The van der Waals surface area contributed by atoms with Crippen molar-refractivity contribution in [2.24, 2.45) is 0 Å². The van der Waals surface area contributed by atoms with E-state index in [0.29, 0.717) is 5.56 Å². The molecule has 2 rings (SSSR count). The van der Waals surface area contributed by atoms with Gasteiger partial charge in [0.2, 0.25) is 0 Å². The van der Waals surface area contributed by atoms with E-state index in [-0.39, 0.29) is 24.4 Å². The number of non-ortho nitro benzene ring substituents is 1. The van der Waals surface area contributed by atoms with E-state index < -0.39 is 23.6 Å². The predicted molar refractivity (Wildman–Crippen MR) is 86.4 cm³/mol. The number of nitro groups is 1. The summed E-state index contributed by atoms with van der Waals surface area (Å²) in [7, 11) is 0. The first-order valence-corrected chi connectivity index (χ1v) is 7.49. The van der Waals surface area contributed by atoms with Crippen LogP contribution < -0.4 is 5.32 Å². The molecule has 0 aliphatic heterocycles. The minimum absolute atomic E-state index is 0.107. The smallest absolute Gasteiger partial charge is 0.367 e. The fraction of sp³-hybridized carbons (Fsp3) is 0.235. The number of nitrogens with one attached hydrogen (secondary N) is 1. The van der Waals surface area contributed by atoms with Crippen molar-refractivity contribution < 1.29 is 27.6 Å². The summed E-state index contributed by atoms with van der Waals surface area (Å²) in [6, 6.07) is 11.8. The van der Waals surface area contributed by atoms with Crippen molar-refractivity contribution in [3.63, 3.8) is 0 Å². The Labute approximate surface area is 146 Å². The number of hydrogen-bond donors (Lipinski definition) is 1. The number of rotatable bonds is 7. The molecule has 0 spiro atoms. The molecule has 0 aliphatic rings. The van der Waals surface area contributed by atoms with E-state index >= 15 is 0 Å². The third kappa shape index (κ3) is 6.17. The van der Waals surface area contributed by atoms with Crippen molar-refractivity contribution in [2.45, 2.75) is 19.3 Å². The molecule has 0 saturated heterocycles. The number of carbonyl (C=O) groups is 1. The molecule has 1 N–H and O–H groups in total. The molecule has 138 valence electrons. The monoisotopic (exact) mass is 368 g/mol. The Morgan fingerprint density at radius 1 is 1.04 bits per heavy atom. The molecule has 2 aromatic rings. The molecule has 0 unspecified atom stereocenters. The van der Waals surface area contributed by atoms with E-state index in [1.807, 2.05) is 0 Å². The molecular weight excluding hydrogens is 353 g/mol. The number of amides is 1. The van der Waals surface area contributed by atoms with Crippen LogP contribution in [0.4, 0.5) is 18.9 Å². The lowest BCUT2D eigenvalue weighted by atomic mass is 10.1. The number of halogens is 3. The molecular formula is C17H15F3N2O4. The van der Waals surface area contributed by atoms with Crippen LogP contribution in [-0.2, 0) is 17.9 Å². The average Bonchev–Trinajstić information content (AvgIpc) is 2.60. The molecule has 26 heavy (non-hydrogen) atoms. The van der Waals surface area contributed by atoms with Crippen molar-refractivity contribution in [1.82, 2.24) is 5.32 Å². The van der Waals surface area contributed by atoms with Gasteiger partial charge in [0.05, 0.1) is 11.5 Å². The van der Waals surface area contributed by atoms with Gasteiger partial charge >= 0.3 is 6.18 Å². The van der Waals surface area contributed by atoms with Crippen molar-refractivity contribution in [2.75, 3.05) is 6.61 Å². The molecule has 0 radical (unpaired) electrons. The fourth-order valence-electron chi connectivity index (χ4n) is 2.06. The highest BCUT2D eigenvalue weighted by molar-refractivity contribution is 5.94. The summed E-state index contributed by atoms with van der Waals surface area (Å²) < 4.78 is 40.6. The quantitative estimate of drug-likeness (QED) is 0.598. The molecule has 0 saturated carbocycles. The van der Waals surface area contributed by atoms with Gasteiger partial charge in [0.1, 0.15) is 6.61 Å². The minimum atomic E-state index is -4.36. The maximum atomic E-state index is 12.0. The number of ether oxygens (including phenoxy) is 1. The Morgan fingerprint density at radius 2 is 1.62 bits per heavy atom. The molecule has 0 aromatic heterocycles. The number of alkyl halides is 3. The fourth-order valence-corrected chi connectivity index (χ4v) is 2.06. The van der Waals surface area contributed by atoms with Crippen molar-refractivity contribution >= 4 is 11.6 Å². The highest BCUT2D eigenvalue weighted by Gasteiger charge is 2.27. The molecule has 9 heteroatoms. The lowest BCUT2D eigenvalue weighted by Crippen LogP contribution is -2.22. The van der Waals surface area contributed by atoms with E-state index in [0.717, 1.165) is 5.56 Å². The highest BCUT2D eigenvalue weighted by atomic mass is 19.4. The molecule has 6 nitrogen and oxygen atoms in total. The van der Waals surface area contributed by atoms with Crippen LogP contribution in [0.1, 0.15) is 21.5 Å². The molecule has 1 amide bonds. The second-order valence-corrected chi connectivity index (χ2v) is 5.41. The number of hydrogen-bond acceptors (Lipinski definition) is 4. The Morgan fingerprint density at radius 3 is 2.15 bits per heavy atom. The van der Waals surface area contributed by atoms with Gasteiger partial charge in [-0.3, -0.25) is 14.9 Å². The maximum Gasteiger partial charge on any atom is 0.411 e. The molecule has 2 aromatic carbocycles. The van der Waals surface area contributed by atoms with E-state index in [2.05, 4.69) is 10.1 Å². The minimum Gasteiger partial charge on any atom is -0.367 e. The lowest BCUT2D eigenvalue weighted by molar-refractivity contribution is -0.384. The number of nitro benzene ring substituents is 1. The van der Waals surface area contributed by atoms with Gasteiger partial charge in [-0.2, -0.15) is 13.2 Å². The van der Waals surface area contributed by atoms with Crippen LogP contribution in [0.15, 0.2) is 48.5 Å². The van der Waals surface area contributed by atoms with Gasteiger partial charge in [-0.15, -0.1) is 0 Å². The van der Waals surface area contributed by atoms with Crippen molar-refractivity contribution in [1.29, 1.82) is 0 Å². The molecule has 0 atom stereocenters. The first-order chi connectivity index (χ1) is 12.2. The number of benzene rings is 2. The number of nitrogens with zero attached hydrogens (tertiary/aromatic N) is 1. The SMILES string of the molecule is O=C(NCc1ccc(COCC(F)(F)F)cc1)c1ccc([N+](=O)[O-])cc1. The second-order valence-electron chi connectivity index (χ2n) is 5.41. The van der Waals surface area contributed by atoms with Crippen LogP contribution in [0.25, 0.3) is 0 Å². The van der Waals surface area contributed by atoms with Crippen LogP contribution in [0.2, 0.25) is 0 Å². The Hall–Kier alpha value is -2.94. The summed E-state index contributed by atoms with van der Waals surface area (Å²) in [5.74, 6) is -0.391. The second kappa shape index (κ2) is 8.43. The summed E-state index contributed by atoms with van der Waals surface area (Å²) in [5, 5.41) is 13.2. The van der Waals surface area contributed by atoms with E-state index in [1.165, 1.54) is 24.3 Å². The van der Waals surface area contributed by atoms with Crippen molar-refractivity contribution in [3.8, 4) is 0 Å². The van der Waals surface area contributed by atoms with Crippen LogP contribution in [-0.4, -0.2) is 23.6 Å². The average molecular weight is 368 g/mol. The topological polar surface area (TPSA) is 81.5 Å². The van der Waals surface area contributed by atoms with Crippen LogP contribution in [0, 0.1) is 10.1 Å². The van der Waals surface area contributed by atoms with E-state index in [9.17, 15) is 28.1 Å². The van der Waals surface area contributed by atoms with E-state index in [1.54, 1.807) is 24.3 Å². The zero-order valence-electron chi connectivity index (χ0n) is 13.5. The third-order valence-electron chi connectivity index (χ3n) is 3.35. The lowest BCUT2D eigenvalue weighted by Gasteiger charge is -2.09. The summed E-state index contributed by atoms with van der Waals surface area (Å²) in [5.41, 5.74) is 1.51. The first-order valence-electron chi connectivity index (χ1n) is 7.49. The van der Waals surface area contributed by atoms with Gasteiger partial charge in [-0.1, -0.05) is 24.3 Å². The normalized spacial score (nSPS) is 11.2. The standard InChI is InChI=1S/C17H15F3N2O4/c18-17(19,20)11-26-10-13-3-1-12(2-4-13)9-21-16(23)14-5-7-15(8-6-14)22(24)25/h1-8H,9-11H2,(H,21,23). The van der Waals surface area contributed by atoms with Gasteiger partial charge in [0, 0.05) is 24.2 Å². The molecule has 0 bridgehead atoms. The summed E-state index contributed by atoms with van der Waals surface area (Å²) >= 11 is 0. The van der Waals surface area contributed by atoms with Gasteiger partial charge < -0.3 is 10.1 Å². The molecule has 0 aliphatic carbocycles. The van der Waals surface area contributed by atoms with E-state index in [4.69, 9.17) is 0 Å². The van der Waals surface area contributed by atoms with Crippen LogP contribution in [0.5, 0.6) is 0 Å². The molecule has 0 heterocycles. The number of carbonyl (C=O) groups excluding carboxylic acids is 1. The van der Waals surface area contributed by atoms with Crippen LogP contribution >= 0.6 is 0 Å². The molecule has 0 fully saturated rings. The Bertz CT molecular complexity index is 759. The Balaban J connectivity index is 1.83. The predicted octanol–water partition coefficient (Wildman–Crippen LogP) is 3.60. The van der Waals surface area contributed by atoms with Gasteiger partial charge in [0.15, 0.2) is 0 Å². The zero-order chi connectivity index (χ0) is 19.2. The largest absolute Gasteiger partial charge is 0.411 e. The van der Waals surface area contributed by atoms with Gasteiger partial charge in [-0.25, -0.2) is 0 Å². The zero-order valence-corrected chi connectivity index (χ0v) is 13.5. The van der Waals surface area contributed by atoms with Crippen molar-refractivity contribution in [3.05, 3.63) is 75.3 Å².